The normalized spacial score (nSPS) is 11.8. The molecular formula is C20H32O3. The number of rotatable bonds is 11. The number of aromatic hydroxyl groups is 1. The Morgan fingerprint density at radius 1 is 1.17 bits per heavy atom. The molecule has 0 aliphatic carbocycles. The molecule has 0 fully saturated rings. The van der Waals surface area contributed by atoms with E-state index in [1.54, 1.807) is 13.2 Å². The number of unbranched alkanes of at least 4 members (excludes halogenated alkanes) is 3. The third kappa shape index (κ3) is 7.96. The van der Waals surface area contributed by atoms with Crippen LogP contribution in [0.3, 0.4) is 0 Å². The summed E-state index contributed by atoms with van der Waals surface area (Å²) in [7, 11) is 1.55. The highest BCUT2D eigenvalue weighted by Gasteiger charge is 2.04. The maximum atomic E-state index is 9.60. The van der Waals surface area contributed by atoms with E-state index >= 15 is 0 Å². The first-order valence-corrected chi connectivity index (χ1v) is 8.70. The SMILES string of the molecule is CC=C(CCCCCCC(C)C)OCc1ccc(O)c(OC)c1. The van der Waals surface area contributed by atoms with Crippen molar-refractivity contribution in [2.45, 2.75) is 65.9 Å². The number of benzene rings is 1. The van der Waals surface area contributed by atoms with Crippen LogP contribution < -0.4 is 4.74 Å². The summed E-state index contributed by atoms with van der Waals surface area (Å²) >= 11 is 0. The molecule has 0 aliphatic rings. The Morgan fingerprint density at radius 3 is 2.57 bits per heavy atom. The van der Waals surface area contributed by atoms with E-state index in [1.165, 1.54) is 32.1 Å². The van der Waals surface area contributed by atoms with Gasteiger partial charge in [-0.1, -0.05) is 45.6 Å². The van der Waals surface area contributed by atoms with Crippen LogP contribution >= 0.6 is 0 Å². The predicted molar refractivity (Wildman–Crippen MR) is 95.7 cm³/mol. The van der Waals surface area contributed by atoms with Crippen molar-refractivity contribution in [2.24, 2.45) is 5.92 Å². The zero-order chi connectivity index (χ0) is 17.1. The number of ether oxygens (including phenoxy) is 2. The van der Waals surface area contributed by atoms with Crippen molar-refractivity contribution in [1.29, 1.82) is 0 Å². The molecule has 0 bridgehead atoms. The van der Waals surface area contributed by atoms with E-state index in [4.69, 9.17) is 9.47 Å². The third-order valence-electron chi connectivity index (χ3n) is 3.94. The summed E-state index contributed by atoms with van der Waals surface area (Å²) < 4.78 is 11.0. The molecule has 0 unspecified atom stereocenters. The quantitative estimate of drug-likeness (QED) is 0.412. The van der Waals surface area contributed by atoms with Gasteiger partial charge in [-0.15, -0.1) is 0 Å². The molecule has 1 N–H and O–H groups in total. The van der Waals surface area contributed by atoms with E-state index in [-0.39, 0.29) is 5.75 Å². The number of hydrogen-bond donors (Lipinski definition) is 1. The van der Waals surface area contributed by atoms with Crippen LogP contribution in [0.2, 0.25) is 0 Å². The number of phenolic OH excluding ortho intramolecular Hbond substituents is 1. The zero-order valence-electron chi connectivity index (χ0n) is 15.1. The van der Waals surface area contributed by atoms with E-state index in [9.17, 15) is 5.11 Å². The second-order valence-corrected chi connectivity index (χ2v) is 6.40. The van der Waals surface area contributed by atoms with Crippen LogP contribution in [0.15, 0.2) is 30.0 Å². The van der Waals surface area contributed by atoms with Gasteiger partial charge in [0.1, 0.15) is 6.61 Å². The number of phenols is 1. The molecule has 0 saturated carbocycles. The summed E-state index contributed by atoms with van der Waals surface area (Å²) in [5, 5.41) is 9.60. The number of allylic oxidation sites excluding steroid dienone is 2. The van der Waals surface area contributed by atoms with Gasteiger partial charge in [0.05, 0.1) is 12.9 Å². The molecule has 1 aromatic carbocycles. The molecule has 0 saturated heterocycles. The van der Waals surface area contributed by atoms with Crippen LogP contribution in [0.4, 0.5) is 0 Å². The molecule has 3 nitrogen and oxygen atoms in total. The second kappa shape index (κ2) is 11.0. The Bertz CT molecular complexity index is 478. The predicted octanol–water partition coefficient (Wildman–Crippen LogP) is 5.82. The summed E-state index contributed by atoms with van der Waals surface area (Å²) in [6, 6.07) is 5.31. The van der Waals surface area contributed by atoms with E-state index in [2.05, 4.69) is 13.8 Å². The lowest BCUT2D eigenvalue weighted by atomic mass is 10.0. The molecule has 0 heterocycles. The first kappa shape index (κ1) is 19.4. The standard InChI is InChI=1S/C20H32O3/c1-5-18(11-9-7-6-8-10-16(2)3)23-15-17-12-13-19(21)20(14-17)22-4/h5,12-14,16,21H,6-11,15H2,1-4H3. The van der Waals surface area contributed by atoms with Gasteiger partial charge < -0.3 is 14.6 Å². The van der Waals surface area contributed by atoms with Crippen molar-refractivity contribution in [1.82, 2.24) is 0 Å². The highest BCUT2D eigenvalue weighted by molar-refractivity contribution is 5.41. The average molecular weight is 320 g/mol. The highest BCUT2D eigenvalue weighted by atomic mass is 16.5. The van der Waals surface area contributed by atoms with Crippen LogP contribution in [-0.2, 0) is 11.3 Å². The highest BCUT2D eigenvalue weighted by Crippen LogP contribution is 2.27. The van der Waals surface area contributed by atoms with E-state index in [0.29, 0.717) is 12.4 Å². The Labute approximate surface area is 141 Å². The fourth-order valence-corrected chi connectivity index (χ4v) is 2.49. The molecule has 0 atom stereocenters. The van der Waals surface area contributed by atoms with Gasteiger partial charge in [-0.05, 0) is 43.0 Å². The van der Waals surface area contributed by atoms with E-state index in [0.717, 1.165) is 23.7 Å². The smallest absolute Gasteiger partial charge is 0.160 e. The fourth-order valence-electron chi connectivity index (χ4n) is 2.49. The summed E-state index contributed by atoms with van der Waals surface area (Å²) in [4.78, 5) is 0. The molecule has 23 heavy (non-hydrogen) atoms. The summed E-state index contributed by atoms with van der Waals surface area (Å²) in [6.45, 7) is 7.09. The molecule has 1 rings (SSSR count). The Kier molecular flexibility index (Phi) is 9.27. The van der Waals surface area contributed by atoms with Crippen molar-refractivity contribution >= 4 is 0 Å². The van der Waals surface area contributed by atoms with Gasteiger partial charge in [0.15, 0.2) is 11.5 Å². The second-order valence-electron chi connectivity index (χ2n) is 6.40. The first-order chi connectivity index (χ1) is 11.1. The van der Waals surface area contributed by atoms with Gasteiger partial charge in [0.25, 0.3) is 0 Å². The van der Waals surface area contributed by atoms with Gasteiger partial charge in [-0.2, -0.15) is 0 Å². The van der Waals surface area contributed by atoms with Crippen molar-refractivity contribution in [3.05, 3.63) is 35.6 Å². The molecule has 0 radical (unpaired) electrons. The average Bonchev–Trinajstić information content (AvgIpc) is 2.54. The number of hydrogen-bond acceptors (Lipinski definition) is 3. The Morgan fingerprint density at radius 2 is 1.91 bits per heavy atom. The van der Waals surface area contributed by atoms with Gasteiger partial charge in [-0.3, -0.25) is 0 Å². The molecule has 0 spiro atoms. The molecule has 0 aliphatic heterocycles. The maximum absolute atomic E-state index is 9.60. The van der Waals surface area contributed by atoms with E-state index < -0.39 is 0 Å². The largest absolute Gasteiger partial charge is 0.504 e. The van der Waals surface area contributed by atoms with Crippen molar-refractivity contribution in [2.75, 3.05) is 7.11 Å². The Balaban J connectivity index is 2.29. The molecule has 3 heteroatoms. The lowest BCUT2D eigenvalue weighted by Gasteiger charge is -2.12. The fraction of sp³-hybridized carbons (Fsp3) is 0.600. The minimum atomic E-state index is 0.156. The minimum Gasteiger partial charge on any atom is -0.504 e. The van der Waals surface area contributed by atoms with Gasteiger partial charge in [-0.25, -0.2) is 0 Å². The molecule has 130 valence electrons. The molecule has 0 amide bonds. The van der Waals surface area contributed by atoms with Gasteiger partial charge in [0, 0.05) is 6.42 Å². The molecule has 0 aromatic heterocycles. The van der Waals surface area contributed by atoms with Crippen LogP contribution in [0.25, 0.3) is 0 Å². The lowest BCUT2D eigenvalue weighted by molar-refractivity contribution is 0.186. The third-order valence-corrected chi connectivity index (χ3v) is 3.94. The van der Waals surface area contributed by atoms with Gasteiger partial charge >= 0.3 is 0 Å². The summed E-state index contributed by atoms with van der Waals surface area (Å²) in [5.41, 5.74) is 0.996. The number of methoxy groups -OCH3 is 1. The van der Waals surface area contributed by atoms with Gasteiger partial charge in [0.2, 0.25) is 0 Å². The summed E-state index contributed by atoms with van der Waals surface area (Å²) in [5.74, 6) is 2.50. The monoisotopic (exact) mass is 320 g/mol. The minimum absolute atomic E-state index is 0.156. The van der Waals surface area contributed by atoms with Crippen LogP contribution in [0, 0.1) is 5.92 Å². The van der Waals surface area contributed by atoms with Crippen molar-refractivity contribution < 1.29 is 14.6 Å². The molecular weight excluding hydrogens is 288 g/mol. The lowest BCUT2D eigenvalue weighted by Crippen LogP contribution is -1.95. The Hall–Kier alpha value is -1.64. The van der Waals surface area contributed by atoms with E-state index in [1.807, 2.05) is 25.1 Å². The zero-order valence-corrected chi connectivity index (χ0v) is 15.1. The maximum Gasteiger partial charge on any atom is 0.160 e. The molecule has 1 aromatic rings. The first-order valence-electron chi connectivity index (χ1n) is 8.70. The van der Waals surface area contributed by atoms with Crippen LogP contribution in [0.5, 0.6) is 11.5 Å². The topological polar surface area (TPSA) is 38.7 Å². The van der Waals surface area contributed by atoms with Crippen LogP contribution in [0.1, 0.15) is 64.9 Å². The van der Waals surface area contributed by atoms with Crippen molar-refractivity contribution in [3.63, 3.8) is 0 Å². The van der Waals surface area contributed by atoms with Crippen LogP contribution in [-0.4, -0.2) is 12.2 Å². The summed E-state index contributed by atoms with van der Waals surface area (Å²) in [6.07, 6.45) is 9.45. The van der Waals surface area contributed by atoms with Crippen molar-refractivity contribution in [3.8, 4) is 11.5 Å².